The summed E-state index contributed by atoms with van der Waals surface area (Å²) in [5.74, 6) is -0.522. The lowest BCUT2D eigenvalue weighted by atomic mass is 10.2. The third kappa shape index (κ3) is 5.18. The molecule has 0 bridgehead atoms. The van der Waals surface area contributed by atoms with Crippen molar-refractivity contribution in [3.05, 3.63) is 48.3 Å². The summed E-state index contributed by atoms with van der Waals surface area (Å²) < 4.78 is 44.0. The fourth-order valence-corrected chi connectivity index (χ4v) is 3.17. The largest absolute Gasteiger partial charge is 0.484 e. The lowest BCUT2D eigenvalue weighted by Gasteiger charge is -2.20. The van der Waals surface area contributed by atoms with Gasteiger partial charge in [0.2, 0.25) is 10.0 Å². The first kappa shape index (κ1) is 20.7. The number of hydrogen-bond donors (Lipinski definition) is 1. The van der Waals surface area contributed by atoms with Gasteiger partial charge in [0.05, 0.1) is 16.3 Å². The average Bonchev–Trinajstić information content (AvgIpc) is 2.60. The molecular weight excluding hydrogens is 373 g/mol. The molecular formula is C18H22FN3O4S. The van der Waals surface area contributed by atoms with Crippen LogP contribution in [0.15, 0.2) is 47.4 Å². The molecule has 1 amide bonds. The second-order valence-electron chi connectivity index (χ2n) is 6.15. The molecule has 27 heavy (non-hydrogen) atoms. The molecule has 9 heteroatoms. The molecule has 0 saturated heterocycles. The van der Waals surface area contributed by atoms with Gasteiger partial charge in [0.1, 0.15) is 11.6 Å². The van der Waals surface area contributed by atoms with Crippen LogP contribution in [0.4, 0.5) is 15.8 Å². The molecule has 0 aliphatic rings. The van der Waals surface area contributed by atoms with Crippen molar-refractivity contribution >= 4 is 27.3 Å². The van der Waals surface area contributed by atoms with E-state index in [-0.39, 0.29) is 11.5 Å². The maximum Gasteiger partial charge on any atom is 0.262 e. The van der Waals surface area contributed by atoms with Crippen molar-refractivity contribution in [1.29, 1.82) is 0 Å². The average molecular weight is 395 g/mol. The summed E-state index contributed by atoms with van der Waals surface area (Å²) in [6, 6.07) is 9.79. The Morgan fingerprint density at radius 2 is 1.70 bits per heavy atom. The van der Waals surface area contributed by atoms with Crippen LogP contribution >= 0.6 is 0 Å². The number of benzene rings is 2. The van der Waals surface area contributed by atoms with E-state index in [0.29, 0.717) is 17.1 Å². The highest BCUT2D eigenvalue weighted by Gasteiger charge is 2.20. The highest BCUT2D eigenvalue weighted by Crippen LogP contribution is 2.28. The predicted molar refractivity (Wildman–Crippen MR) is 102 cm³/mol. The molecule has 0 aliphatic carbocycles. The van der Waals surface area contributed by atoms with Gasteiger partial charge in [-0.25, -0.2) is 17.1 Å². The number of anilines is 2. The standard InChI is InChI=1S/C18H22FN3O4S/c1-21(2)17-10-9-15(27(24,25)22(3)4)11-16(17)20-18(23)12-26-14-7-5-13(19)6-8-14/h5-11H,12H2,1-4H3,(H,20,23). The second kappa shape index (κ2) is 8.36. The highest BCUT2D eigenvalue weighted by molar-refractivity contribution is 7.89. The van der Waals surface area contributed by atoms with Crippen LogP contribution in [0.3, 0.4) is 0 Å². The summed E-state index contributed by atoms with van der Waals surface area (Å²) in [7, 11) is 2.78. The minimum absolute atomic E-state index is 0.0628. The molecule has 2 aromatic carbocycles. The number of halogens is 1. The number of carbonyl (C=O) groups is 1. The monoisotopic (exact) mass is 395 g/mol. The van der Waals surface area contributed by atoms with Crippen molar-refractivity contribution < 1.29 is 22.3 Å². The first-order chi connectivity index (χ1) is 12.6. The Kier molecular flexibility index (Phi) is 6.40. The molecule has 1 N–H and O–H groups in total. The zero-order valence-corrected chi connectivity index (χ0v) is 16.4. The van der Waals surface area contributed by atoms with Crippen molar-refractivity contribution in [2.24, 2.45) is 0 Å². The van der Waals surface area contributed by atoms with Gasteiger partial charge in [-0.15, -0.1) is 0 Å². The van der Waals surface area contributed by atoms with E-state index >= 15 is 0 Å². The van der Waals surface area contributed by atoms with Crippen LogP contribution in [0.2, 0.25) is 0 Å². The Bertz CT molecular complexity index is 913. The Labute approximate surface area is 158 Å². The van der Waals surface area contributed by atoms with Crippen molar-refractivity contribution in [3.63, 3.8) is 0 Å². The molecule has 0 spiro atoms. The minimum atomic E-state index is -3.64. The van der Waals surface area contributed by atoms with E-state index in [1.54, 1.807) is 25.1 Å². The van der Waals surface area contributed by atoms with Gasteiger partial charge < -0.3 is 15.0 Å². The van der Waals surface area contributed by atoms with Crippen LogP contribution in [-0.2, 0) is 14.8 Å². The highest BCUT2D eigenvalue weighted by atomic mass is 32.2. The van der Waals surface area contributed by atoms with Crippen LogP contribution in [0, 0.1) is 5.82 Å². The summed E-state index contributed by atoms with van der Waals surface area (Å²) in [5, 5.41) is 2.66. The number of carbonyl (C=O) groups excluding carboxylic acids is 1. The van der Waals surface area contributed by atoms with E-state index in [0.717, 1.165) is 4.31 Å². The van der Waals surface area contributed by atoms with Gasteiger partial charge >= 0.3 is 0 Å². The SMILES string of the molecule is CN(C)c1ccc(S(=O)(=O)N(C)C)cc1NC(=O)COc1ccc(F)cc1. The number of sulfonamides is 1. The van der Waals surface area contributed by atoms with Crippen LogP contribution in [-0.4, -0.2) is 53.4 Å². The topological polar surface area (TPSA) is 79.0 Å². The molecule has 0 aromatic heterocycles. The molecule has 0 unspecified atom stereocenters. The van der Waals surface area contributed by atoms with E-state index in [1.165, 1.54) is 50.5 Å². The number of nitrogens with zero attached hydrogens (tertiary/aromatic N) is 2. The van der Waals surface area contributed by atoms with Gasteiger partial charge in [0, 0.05) is 28.2 Å². The lowest BCUT2D eigenvalue weighted by molar-refractivity contribution is -0.118. The summed E-state index contributed by atoms with van der Waals surface area (Å²) in [5.41, 5.74) is 0.985. The van der Waals surface area contributed by atoms with Crippen LogP contribution in [0.5, 0.6) is 5.75 Å². The van der Waals surface area contributed by atoms with Gasteiger partial charge in [-0.3, -0.25) is 4.79 Å². The van der Waals surface area contributed by atoms with Gasteiger partial charge in [0.25, 0.3) is 5.91 Å². The summed E-state index contributed by atoms with van der Waals surface area (Å²) >= 11 is 0. The Balaban J connectivity index is 2.19. The summed E-state index contributed by atoms with van der Waals surface area (Å²) in [6.45, 7) is -0.302. The van der Waals surface area contributed by atoms with Crippen molar-refractivity contribution in [2.75, 3.05) is 45.0 Å². The van der Waals surface area contributed by atoms with Crippen molar-refractivity contribution in [3.8, 4) is 5.75 Å². The molecule has 2 aromatic rings. The molecule has 0 radical (unpaired) electrons. The predicted octanol–water partition coefficient (Wildman–Crippen LogP) is 2.16. The zero-order chi connectivity index (χ0) is 20.2. The molecule has 0 heterocycles. The minimum Gasteiger partial charge on any atom is -0.484 e. The van der Waals surface area contributed by atoms with Gasteiger partial charge in [0.15, 0.2) is 6.61 Å². The first-order valence-corrected chi connectivity index (χ1v) is 9.47. The molecule has 0 aliphatic heterocycles. The number of amides is 1. The fraction of sp³-hybridized carbons (Fsp3) is 0.278. The number of hydrogen-bond acceptors (Lipinski definition) is 5. The summed E-state index contributed by atoms with van der Waals surface area (Å²) in [4.78, 5) is 14.0. The Hall–Kier alpha value is -2.65. The fourth-order valence-electron chi connectivity index (χ4n) is 2.24. The second-order valence-corrected chi connectivity index (χ2v) is 8.30. The third-order valence-electron chi connectivity index (χ3n) is 3.69. The molecule has 0 atom stereocenters. The van der Waals surface area contributed by atoms with E-state index < -0.39 is 21.7 Å². The van der Waals surface area contributed by atoms with E-state index in [1.807, 2.05) is 0 Å². The molecule has 2 rings (SSSR count). The molecule has 0 fully saturated rings. The maximum absolute atomic E-state index is 12.9. The van der Waals surface area contributed by atoms with Crippen molar-refractivity contribution in [2.45, 2.75) is 4.90 Å². The van der Waals surface area contributed by atoms with Crippen LogP contribution in [0.25, 0.3) is 0 Å². The van der Waals surface area contributed by atoms with Crippen LogP contribution < -0.4 is 15.0 Å². The quantitative estimate of drug-likeness (QED) is 0.777. The molecule has 7 nitrogen and oxygen atoms in total. The van der Waals surface area contributed by atoms with E-state index in [4.69, 9.17) is 4.74 Å². The normalized spacial score (nSPS) is 11.3. The third-order valence-corrected chi connectivity index (χ3v) is 5.50. The van der Waals surface area contributed by atoms with Gasteiger partial charge in [-0.1, -0.05) is 0 Å². The van der Waals surface area contributed by atoms with E-state index in [9.17, 15) is 17.6 Å². The zero-order valence-electron chi connectivity index (χ0n) is 15.6. The first-order valence-electron chi connectivity index (χ1n) is 8.03. The summed E-state index contributed by atoms with van der Waals surface area (Å²) in [6.07, 6.45) is 0. The smallest absolute Gasteiger partial charge is 0.262 e. The molecule has 146 valence electrons. The maximum atomic E-state index is 12.9. The van der Waals surface area contributed by atoms with E-state index in [2.05, 4.69) is 5.32 Å². The molecule has 0 saturated carbocycles. The van der Waals surface area contributed by atoms with Crippen molar-refractivity contribution in [1.82, 2.24) is 4.31 Å². The number of nitrogens with one attached hydrogen (secondary N) is 1. The Morgan fingerprint density at radius 3 is 2.26 bits per heavy atom. The number of rotatable bonds is 7. The van der Waals surface area contributed by atoms with Gasteiger partial charge in [-0.05, 0) is 42.5 Å². The number of ether oxygens (including phenoxy) is 1. The Morgan fingerprint density at radius 1 is 1.07 bits per heavy atom. The van der Waals surface area contributed by atoms with Crippen LogP contribution in [0.1, 0.15) is 0 Å². The van der Waals surface area contributed by atoms with Gasteiger partial charge in [-0.2, -0.15) is 0 Å². The lowest BCUT2D eigenvalue weighted by Crippen LogP contribution is -2.24.